The van der Waals surface area contributed by atoms with Crippen molar-refractivity contribution < 1.29 is 22.7 Å². The van der Waals surface area contributed by atoms with E-state index in [0.29, 0.717) is 5.69 Å². The Bertz CT molecular complexity index is 1340. The van der Waals surface area contributed by atoms with Crippen LogP contribution in [0.5, 0.6) is 5.88 Å². The molecule has 1 amide bonds. The highest BCUT2D eigenvalue weighted by Crippen LogP contribution is 2.38. The second kappa shape index (κ2) is 9.77. The van der Waals surface area contributed by atoms with E-state index in [4.69, 9.17) is 4.74 Å². The summed E-state index contributed by atoms with van der Waals surface area (Å²) < 4.78 is 48.5. The average molecular weight is 483 g/mol. The van der Waals surface area contributed by atoms with Gasteiger partial charge in [0.15, 0.2) is 12.3 Å². The van der Waals surface area contributed by atoms with Gasteiger partial charge in [-0.15, -0.1) is 0 Å². The van der Waals surface area contributed by atoms with Gasteiger partial charge in [-0.25, -0.2) is 4.68 Å². The molecule has 0 saturated heterocycles. The molecule has 2 aromatic heterocycles. The summed E-state index contributed by atoms with van der Waals surface area (Å²) in [4.78, 5) is 16.5. The second-order valence-corrected chi connectivity index (χ2v) is 8.27. The third-order valence-corrected chi connectivity index (χ3v) is 5.65. The van der Waals surface area contributed by atoms with E-state index in [0.717, 1.165) is 29.2 Å². The lowest BCUT2D eigenvalue weighted by Gasteiger charge is -2.12. The number of amides is 1. The Labute approximate surface area is 200 Å². The first-order valence-electron chi connectivity index (χ1n) is 11.2. The van der Waals surface area contributed by atoms with E-state index < -0.39 is 24.3 Å². The Balaban J connectivity index is 1.61. The lowest BCUT2D eigenvalue weighted by atomic mass is 10.1. The Kier molecular flexibility index (Phi) is 6.77. The molecule has 0 fully saturated rings. The molecule has 2 heterocycles. The van der Waals surface area contributed by atoms with Crippen LogP contribution >= 0.6 is 0 Å². The summed E-state index contributed by atoms with van der Waals surface area (Å²) in [6, 6.07) is 15.8. The zero-order valence-electron chi connectivity index (χ0n) is 19.6. The molecule has 0 atom stereocenters. The van der Waals surface area contributed by atoms with Crippen LogP contribution < -0.4 is 10.1 Å². The fraction of sp³-hybridized carbons (Fsp3) is 0.269. The van der Waals surface area contributed by atoms with E-state index in [-0.39, 0.29) is 29.2 Å². The van der Waals surface area contributed by atoms with Gasteiger partial charge in [0.1, 0.15) is 0 Å². The van der Waals surface area contributed by atoms with Crippen LogP contribution in [-0.4, -0.2) is 27.3 Å². The molecule has 0 aliphatic rings. The molecular weight excluding hydrogens is 457 g/mol. The zero-order valence-corrected chi connectivity index (χ0v) is 19.6. The first-order valence-corrected chi connectivity index (χ1v) is 11.2. The van der Waals surface area contributed by atoms with Gasteiger partial charge in [-0.05, 0) is 43.5 Å². The van der Waals surface area contributed by atoms with E-state index in [9.17, 15) is 18.0 Å². The van der Waals surface area contributed by atoms with Crippen LogP contribution in [0.1, 0.15) is 34.9 Å². The van der Waals surface area contributed by atoms with Crippen molar-refractivity contribution in [3.63, 3.8) is 0 Å². The summed E-state index contributed by atoms with van der Waals surface area (Å²) in [7, 11) is 0. The van der Waals surface area contributed by atoms with E-state index in [1.807, 2.05) is 50.2 Å². The Morgan fingerprint density at radius 1 is 1.03 bits per heavy atom. The number of hydrogen-bond donors (Lipinski definition) is 1. The molecule has 4 rings (SSSR count). The SMILES string of the molecule is CCc1ccc(-n2nc(C)c3c(C(F)(F)F)cc(OCC(=O)NCc4ccc(C)cc4)nc32)cc1. The molecule has 6 nitrogen and oxygen atoms in total. The maximum Gasteiger partial charge on any atom is 0.417 e. The number of alkyl halides is 3. The van der Waals surface area contributed by atoms with Crippen LogP contribution in [0.4, 0.5) is 13.2 Å². The molecular formula is C26H25F3N4O2. The number of halogens is 3. The van der Waals surface area contributed by atoms with Crippen molar-refractivity contribution in [1.82, 2.24) is 20.1 Å². The zero-order chi connectivity index (χ0) is 25.2. The third-order valence-electron chi connectivity index (χ3n) is 5.65. The summed E-state index contributed by atoms with van der Waals surface area (Å²) in [5, 5.41) is 6.90. The topological polar surface area (TPSA) is 69.0 Å². The molecule has 0 aliphatic carbocycles. The number of aryl methyl sites for hydroxylation is 3. The number of pyridine rings is 1. The van der Waals surface area contributed by atoms with Crippen molar-refractivity contribution in [3.8, 4) is 11.6 Å². The molecule has 0 aliphatic heterocycles. The van der Waals surface area contributed by atoms with Gasteiger partial charge >= 0.3 is 6.18 Å². The summed E-state index contributed by atoms with van der Waals surface area (Å²) in [6.07, 6.45) is -3.82. The number of nitrogens with one attached hydrogen (secondary N) is 1. The van der Waals surface area contributed by atoms with Gasteiger partial charge in [-0.3, -0.25) is 4.79 Å². The quantitative estimate of drug-likeness (QED) is 0.388. The number of carbonyl (C=O) groups is 1. The van der Waals surface area contributed by atoms with Gasteiger partial charge in [-0.2, -0.15) is 23.3 Å². The predicted octanol–water partition coefficient (Wildman–Crippen LogP) is 5.31. The first-order chi connectivity index (χ1) is 16.7. The highest BCUT2D eigenvalue weighted by atomic mass is 19.4. The van der Waals surface area contributed by atoms with Gasteiger partial charge in [0.25, 0.3) is 5.91 Å². The van der Waals surface area contributed by atoms with Crippen LogP contribution in [0.15, 0.2) is 54.6 Å². The molecule has 0 unspecified atom stereocenters. The number of carbonyl (C=O) groups excluding carboxylic acids is 1. The molecule has 2 aromatic carbocycles. The number of ether oxygens (including phenoxy) is 1. The van der Waals surface area contributed by atoms with E-state index in [1.165, 1.54) is 11.6 Å². The Morgan fingerprint density at radius 3 is 2.31 bits per heavy atom. The number of hydrogen-bond acceptors (Lipinski definition) is 4. The van der Waals surface area contributed by atoms with E-state index >= 15 is 0 Å². The summed E-state index contributed by atoms with van der Waals surface area (Å²) in [6.45, 7) is 5.29. The van der Waals surface area contributed by atoms with Gasteiger partial charge in [0.2, 0.25) is 5.88 Å². The largest absolute Gasteiger partial charge is 0.467 e. The summed E-state index contributed by atoms with van der Waals surface area (Å²) >= 11 is 0. The van der Waals surface area contributed by atoms with Crippen molar-refractivity contribution in [2.45, 2.75) is 39.9 Å². The van der Waals surface area contributed by atoms with Gasteiger partial charge in [0, 0.05) is 12.6 Å². The van der Waals surface area contributed by atoms with E-state index in [1.54, 1.807) is 12.1 Å². The lowest BCUT2D eigenvalue weighted by Crippen LogP contribution is -2.28. The number of rotatable bonds is 7. The smallest absolute Gasteiger partial charge is 0.417 e. The van der Waals surface area contributed by atoms with Crippen molar-refractivity contribution in [2.75, 3.05) is 6.61 Å². The lowest BCUT2D eigenvalue weighted by molar-refractivity contribution is -0.136. The van der Waals surface area contributed by atoms with E-state index in [2.05, 4.69) is 15.4 Å². The molecule has 0 saturated carbocycles. The van der Waals surface area contributed by atoms with Gasteiger partial charge in [0.05, 0.1) is 22.3 Å². The molecule has 0 radical (unpaired) electrons. The number of fused-ring (bicyclic) bond motifs is 1. The fourth-order valence-electron chi connectivity index (χ4n) is 3.71. The second-order valence-electron chi connectivity index (χ2n) is 8.27. The highest BCUT2D eigenvalue weighted by molar-refractivity contribution is 5.85. The molecule has 4 aromatic rings. The normalized spacial score (nSPS) is 11.6. The van der Waals surface area contributed by atoms with Gasteiger partial charge in [-0.1, -0.05) is 48.9 Å². The summed E-state index contributed by atoms with van der Waals surface area (Å²) in [5.74, 6) is -0.775. The van der Waals surface area contributed by atoms with Crippen molar-refractivity contribution >= 4 is 16.9 Å². The van der Waals surface area contributed by atoms with Gasteiger partial charge < -0.3 is 10.1 Å². The van der Waals surface area contributed by atoms with Crippen LogP contribution in [0.25, 0.3) is 16.7 Å². The average Bonchev–Trinajstić information content (AvgIpc) is 3.17. The monoisotopic (exact) mass is 482 g/mol. The van der Waals surface area contributed by atoms with Crippen LogP contribution in [0.3, 0.4) is 0 Å². The van der Waals surface area contributed by atoms with Crippen molar-refractivity contribution in [1.29, 1.82) is 0 Å². The van der Waals surface area contributed by atoms with Crippen LogP contribution in [0, 0.1) is 13.8 Å². The standard InChI is InChI=1S/C26H25F3N4O2/c1-4-18-9-11-20(12-10-18)33-25-24(17(3)32-33)21(26(27,28)29)13-23(31-25)35-15-22(34)30-14-19-7-5-16(2)6-8-19/h5-13H,4,14-15H2,1-3H3,(H,30,34). The highest BCUT2D eigenvalue weighted by Gasteiger charge is 2.36. The summed E-state index contributed by atoms with van der Waals surface area (Å²) in [5.41, 5.74) is 2.96. The first kappa shape index (κ1) is 24.3. The third kappa shape index (κ3) is 5.45. The number of benzene rings is 2. The van der Waals surface area contributed by atoms with Crippen LogP contribution in [0.2, 0.25) is 0 Å². The maximum absolute atomic E-state index is 13.9. The molecule has 0 spiro atoms. The Hall–Kier alpha value is -3.88. The van der Waals surface area contributed by atoms with Crippen LogP contribution in [-0.2, 0) is 23.9 Å². The predicted molar refractivity (Wildman–Crippen MR) is 127 cm³/mol. The molecule has 1 N–H and O–H groups in total. The minimum atomic E-state index is -4.66. The molecule has 9 heteroatoms. The number of nitrogens with zero attached hydrogens (tertiary/aromatic N) is 3. The maximum atomic E-state index is 13.9. The minimum absolute atomic E-state index is 0.0108. The number of aromatic nitrogens is 3. The van der Waals surface area contributed by atoms with Crippen molar-refractivity contribution in [2.24, 2.45) is 0 Å². The molecule has 35 heavy (non-hydrogen) atoms. The fourth-order valence-corrected chi connectivity index (χ4v) is 3.71. The minimum Gasteiger partial charge on any atom is -0.467 e. The van der Waals surface area contributed by atoms with Crippen molar-refractivity contribution in [3.05, 3.63) is 82.5 Å². The molecule has 0 bridgehead atoms. The molecule has 182 valence electrons. The Morgan fingerprint density at radius 2 is 1.69 bits per heavy atom.